The summed E-state index contributed by atoms with van der Waals surface area (Å²) in [4.78, 5) is 10.6. The van der Waals surface area contributed by atoms with E-state index in [0.29, 0.717) is 12.8 Å². The van der Waals surface area contributed by atoms with Gasteiger partial charge in [0.1, 0.15) is 4.90 Å². The molecule has 108 valence electrons. The van der Waals surface area contributed by atoms with Crippen molar-refractivity contribution < 1.29 is 18.3 Å². The van der Waals surface area contributed by atoms with Crippen LogP contribution < -0.4 is 10.5 Å². The highest BCUT2D eigenvalue weighted by Crippen LogP contribution is 2.19. The van der Waals surface area contributed by atoms with Crippen molar-refractivity contribution in [1.82, 2.24) is 4.72 Å². The van der Waals surface area contributed by atoms with Gasteiger partial charge in [0.25, 0.3) is 0 Å². The number of carboxylic acid groups (broad SMARTS) is 1. The Morgan fingerprint density at radius 1 is 1.40 bits per heavy atom. The zero-order valence-electron chi connectivity index (χ0n) is 10.8. The molecule has 1 aromatic rings. The second kappa shape index (κ2) is 6.93. The van der Waals surface area contributed by atoms with Gasteiger partial charge in [-0.15, -0.1) is 12.3 Å². The second-order valence-electron chi connectivity index (χ2n) is 4.12. The molecule has 7 heteroatoms. The summed E-state index contributed by atoms with van der Waals surface area (Å²) in [6.07, 6.45) is 7.04. The van der Waals surface area contributed by atoms with Gasteiger partial charge in [-0.2, -0.15) is 0 Å². The fraction of sp³-hybridized carbons (Fsp3) is 0.308. The van der Waals surface area contributed by atoms with Gasteiger partial charge >= 0.3 is 5.97 Å². The Hall–Kier alpha value is -2.04. The first-order valence-corrected chi connectivity index (χ1v) is 7.42. The molecule has 0 unspecified atom stereocenters. The van der Waals surface area contributed by atoms with E-state index in [1.807, 2.05) is 0 Å². The molecule has 1 aromatic carbocycles. The van der Waals surface area contributed by atoms with E-state index in [2.05, 4.69) is 10.6 Å². The first kappa shape index (κ1) is 16.0. The second-order valence-corrected chi connectivity index (χ2v) is 5.85. The number of nitrogens with two attached hydrogens (primary N) is 1. The van der Waals surface area contributed by atoms with Crippen LogP contribution in [0.25, 0.3) is 0 Å². The molecule has 0 radical (unpaired) electrons. The van der Waals surface area contributed by atoms with E-state index in [1.54, 1.807) is 0 Å². The third-order valence-electron chi connectivity index (χ3n) is 2.59. The smallest absolute Gasteiger partial charge is 0.335 e. The average Bonchev–Trinajstić information content (AvgIpc) is 2.37. The lowest BCUT2D eigenvalue weighted by Gasteiger charge is -2.09. The number of carboxylic acids is 1. The van der Waals surface area contributed by atoms with E-state index >= 15 is 0 Å². The fourth-order valence-electron chi connectivity index (χ4n) is 1.56. The number of aromatic carboxylic acids is 1. The van der Waals surface area contributed by atoms with E-state index in [1.165, 1.54) is 12.1 Å². The molecule has 0 saturated heterocycles. The molecule has 4 N–H and O–H groups in total. The lowest BCUT2D eigenvalue weighted by molar-refractivity contribution is 0.0697. The number of sulfonamides is 1. The summed E-state index contributed by atoms with van der Waals surface area (Å²) in [6, 6.07) is 3.50. The van der Waals surface area contributed by atoms with Gasteiger partial charge < -0.3 is 10.8 Å². The van der Waals surface area contributed by atoms with Gasteiger partial charge in [-0.25, -0.2) is 17.9 Å². The molecule has 1 rings (SSSR count). The van der Waals surface area contributed by atoms with Gasteiger partial charge in [0.15, 0.2) is 0 Å². The molecule has 0 heterocycles. The summed E-state index contributed by atoms with van der Waals surface area (Å²) in [5.41, 5.74) is 5.43. The molecular formula is C13H16N2O4S. The van der Waals surface area contributed by atoms with Crippen molar-refractivity contribution in [1.29, 1.82) is 0 Å². The van der Waals surface area contributed by atoms with E-state index in [9.17, 15) is 13.2 Å². The average molecular weight is 296 g/mol. The molecule has 0 aliphatic heterocycles. The van der Waals surface area contributed by atoms with Crippen molar-refractivity contribution in [3.8, 4) is 12.3 Å². The van der Waals surface area contributed by atoms with Crippen molar-refractivity contribution in [2.75, 3.05) is 12.3 Å². The SMILES string of the molecule is C#CCCCCNS(=O)(=O)c1ccc(C(=O)O)cc1N. The Kier molecular flexibility index (Phi) is 5.55. The number of rotatable bonds is 7. The molecule has 0 atom stereocenters. The first-order valence-electron chi connectivity index (χ1n) is 5.94. The van der Waals surface area contributed by atoms with Crippen molar-refractivity contribution in [3.05, 3.63) is 23.8 Å². The summed E-state index contributed by atoms with van der Waals surface area (Å²) in [6.45, 7) is 0.254. The minimum absolute atomic E-state index is 0.0597. The first-order chi connectivity index (χ1) is 9.38. The van der Waals surface area contributed by atoms with E-state index in [0.717, 1.165) is 12.5 Å². The summed E-state index contributed by atoms with van der Waals surface area (Å²) in [5, 5.41) is 8.79. The van der Waals surface area contributed by atoms with Crippen molar-refractivity contribution >= 4 is 21.7 Å². The Labute approximate surface area is 118 Å². The van der Waals surface area contributed by atoms with E-state index < -0.39 is 16.0 Å². The fourth-order valence-corrected chi connectivity index (χ4v) is 2.75. The highest BCUT2D eigenvalue weighted by molar-refractivity contribution is 7.89. The minimum atomic E-state index is -3.74. The number of nitrogens with one attached hydrogen (secondary N) is 1. The number of benzene rings is 1. The summed E-state index contributed by atoms with van der Waals surface area (Å²) in [7, 11) is -3.74. The highest BCUT2D eigenvalue weighted by atomic mass is 32.2. The third-order valence-corrected chi connectivity index (χ3v) is 4.12. The molecule has 0 fully saturated rings. The quantitative estimate of drug-likeness (QED) is 0.396. The summed E-state index contributed by atoms with van der Waals surface area (Å²) in [5.74, 6) is 1.31. The van der Waals surface area contributed by atoms with Gasteiger partial charge in [-0.05, 0) is 31.0 Å². The van der Waals surface area contributed by atoms with Gasteiger partial charge in [-0.3, -0.25) is 0 Å². The Bertz CT molecular complexity index is 632. The van der Waals surface area contributed by atoms with Crippen molar-refractivity contribution in [2.24, 2.45) is 0 Å². The minimum Gasteiger partial charge on any atom is -0.478 e. The molecule has 20 heavy (non-hydrogen) atoms. The summed E-state index contributed by atoms with van der Waals surface area (Å²) >= 11 is 0. The van der Waals surface area contributed by atoms with Crippen LogP contribution in [0.2, 0.25) is 0 Å². The Balaban J connectivity index is 2.78. The molecule has 6 nitrogen and oxygen atoms in total. The van der Waals surface area contributed by atoms with Gasteiger partial charge in [0, 0.05) is 13.0 Å². The standard InChI is InChI=1S/C13H16N2O4S/c1-2-3-4-5-8-15-20(18,19)12-7-6-10(13(16)17)9-11(12)14/h1,6-7,9,15H,3-5,8,14H2,(H,16,17). The third kappa shape index (κ3) is 4.26. The predicted molar refractivity (Wildman–Crippen MR) is 75.7 cm³/mol. The largest absolute Gasteiger partial charge is 0.478 e. The number of hydrogen-bond acceptors (Lipinski definition) is 4. The number of anilines is 1. The van der Waals surface area contributed by atoms with Crippen LogP contribution >= 0.6 is 0 Å². The molecule has 0 saturated carbocycles. The van der Waals surface area contributed by atoms with Crippen LogP contribution in [0.3, 0.4) is 0 Å². The maximum atomic E-state index is 12.0. The van der Waals surface area contributed by atoms with Crippen LogP contribution in [-0.4, -0.2) is 26.0 Å². The molecule has 0 amide bonds. The summed E-state index contributed by atoms with van der Waals surface area (Å²) < 4.78 is 26.4. The lowest BCUT2D eigenvalue weighted by Crippen LogP contribution is -2.25. The molecule has 0 spiro atoms. The van der Waals surface area contributed by atoms with Crippen LogP contribution in [0, 0.1) is 12.3 Å². The molecule has 0 aliphatic rings. The molecule has 0 aliphatic carbocycles. The number of terminal acetylenes is 1. The van der Waals surface area contributed by atoms with Crippen LogP contribution in [0.4, 0.5) is 5.69 Å². The van der Waals surface area contributed by atoms with Crippen molar-refractivity contribution in [3.63, 3.8) is 0 Å². The molecule has 0 bridgehead atoms. The zero-order valence-corrected chi connectivity index (χ0v) is 11.6. The van der Waals surface area contributed by atoms with Gasteiger partial charge in [0.2, 0.25) is 10.0 Å². The van der Waals surface area contributed by atoms with Crippen LogP contribution in [0.5, 0.6) is 0 Å². The number of nitrogen functional groups attached to an aromatic ring is 1. The zero-order chi connectivity index (χ0) is 15.2. The van der Waals surface area contributed by atoms with Crippen LogP contribution in [0.1, 0.15) is 29.6 Å². The topological polar surface area (TPSA) is 109 Å². The van der Waals surface area contributed by atoms with Crippen LogP contribution in [0.15, 0.2) is 23.1 Å². The predicted octanol–water partition coefficient (Wildman–Crippen LogP) is 1.05. The highest BCUT2D eigenvalue weighted by Gasteiger charge is 2.18. The van der Waals surface area contributed by atoms with E-state index in [-0.39, 0.29) is 22.7 Å². The normalized spacial score (nSPS) is 10.9. The van der Waals surface area contributed by atoms with Gasteiger partial charge in [0.05, 0.1) is 11.3 Å². The van der Waals surface area contributed by atoms with Gasteiger partial charge in [-0.1, -0.05) is 0 Å². The van der Waals surface area contributed by atoms with Crippen molar-refractivity contribution in [2.45, 2.75) is 24.2 Å². The maximum Gasteiger partial charge on any atom is 0.335 e. The number of hydrogen-bond donors (Lipinski definition) is 3. The molecular weight excluding hydrogens is 280 g/mol. The Morgan fingerprint density at radius 3 is 2.65 bits per heavy atom. The monoisotopic (exact) mass is 296 g/mol. The van der Waals surface area contributed by atoms with Crippen LogP contribution in [-0.2, 0) is 10.0 Å². The maximum absolute atomic E-state index is 12.0. The van der Waals surface area contributed by atoms with E-state index in [4.69, 9.17) is 17.3 Å². The number of carbonyl (C=O) groups is 1. The number of unbranched alkanes of at least 4 members (excludes halogenated alkanes) is 2. The lowest BCUT2D eigenvalue weighted by atomic mass is 10.2. The molecule has 0 aromatic heterocycles. The Morgan fingerprint density at radius 2 is 2.10 bits per heavy atom.